The van der Waals surface area contributed by atoms with Crippen LogP contribution in [0.1, 0.15) is 23.6 Å². The van der Waals surface area contributed by atoms with Crippen LogP contribution in [0.15, 0.2) is 12.1 Å². The number of rotatable bonds is 2. The third-order valence-corrected chi connectivity index (χ3v) is 4.00. The molecule has 1 unspecified atom stereocenters. The molecule has 3 nitrogen and oxygen atoms in total. The number of nitriles is 1. The van der Waals surface area contributed by atoms with Gasteiger partial charge in [-0.05, 0) is 38.8 Å². The third-order valence-electron chi connectivity index (χ3n) is 4.00. The fraction of sp³-hybridized carbons (Fsp3) is 0.562. The smallest absolute Gasteiger partial charge is 0.0950 e. The Morgan fingerprint density at radius 2 is 1.58 bits per heavy atom. The minimum atomic E-state index is 0.0300. The molecule has 2 rings (SSSR count). The van der Waals surface area contributed by atoms with Gasteiger partial charge in [-0.25, -0.2) is 0 Å². The summed E-state index contributed by atoms with van der Waals surface area (Å²) in [4.78, 5) is 4.72. The van der Waals surface area contributed by atoms with Crippen molar-refractivity contribution >= 4 is 5.69 Å². The lowest BCUT2D eigenvalue weighted by atomic mass is 10.0. The van der Waals surface area contributed by atoms with Crippen LogP contribution in [-0.4, -0.2) is 37.1 Å². The van der Waals surface area contributed by atoms with Crippen molar-refractivity contribution in [2.45, 2.75) is 33.7 Å². The van der Waals surface area contributed by atoms with Gasteiger partial charge in [0, 0.05) is 31.9 Å². The Morgan fingerprint density at radius 3 is 2.05 bits per heavy atom. The van der Waals surface area contributed by atoms with Crippen LogP contribution in [-0.2, 0) is 0 Å². The molecule has 0 bridgehead atoms. The molecule has 3 heteroatoms. The molecule has 0 amide bonds. The van der Waals surface area contributed by atoms with Crippen molar-refractivity contribution in [2.75, 3.05) is 31.1 Å². The van der Waals surface area contributed by atoms with Crippen LogP contribution < -0.4 is 4.90 Å². The zero-order valence-corrected chi connectivity index (χ0v) is 12.4. The van der Waals surface area contributed by atoms with Gasteiger partial charge >= 0.3 is 0 Å². The minimum absolute atomic E-state index is 0.0300. The molecule has 1 atom stereocenters. The molecule has 1 aliphatic rings. The predicted octanol–water partition coefficient (Wildman–Crippen LogP) is 2.65. The molecule has 0 N–H and O–H groups in total. The summed E-state index contributed by atoms with van der Waals surface area (Å²) in [6.07, 6.45) is 0. The van der Waals surface area contributed by atoms with E-state index in [-0.39, 0.29) is 6.04 Å². The molecular formula is C16H23N3. The van der Waals surface area contributed by atoms with Crippen molar-refractivity contribution < 1.29 is 0 Å². The molecule has 0 saturated carbocycles. The number of piperazine rings is 1. The number of anilines is 1. The average Bonchev–Trinajstić information content (AvgIpc) is 2.37. The molecule has 1 aliphatic heterocycles. The van der Waals surface area contributed by atoms with Crippen molar-refractivity contribution in [1.29, 1.82) is 5.26 Å². The second kappa shape index (κ2) is 5.63. The summed E-state index contributed by atoms with van der Waals surface area (Å²) < 4.78 is 0. The largest absolute Gasteiger partial charge is 0.369 e. The first-order valence-corrected chi connectivity index (χ1v) is 6.99. The Morgan fingerprint density at radius 1 is 1.05 bits per heavy atom. The Kier molecular flexibility index (Phi) is 4.11. The lowest BCUT2D eigenvalue weighted by Crippen LogP contribution is -2.49. The van der Waals surface area contributed by atoms with Gasteiger partial charge in [0.25, 0.3) is 0 Å². The third kappa shape index (κ3) is 2.90. The number of benzene rings is 1. The van der Waals surface area contributed by atoms with E-state index in [1.54, 1.807) is 0 Å². The lowest BCUT2D eigenvalue weighted by molar-refractivity contribution is 0.231. The van der Waals surface area contributed by atoms with Crippen LogP contribution in [0.25, 0.3) is 0 Å². The molecule has 1 saturated heterocycles. The highest BCUT2D eigenvalue weighted by Gasteiger charge is 2.22. The van der Waals surface area contributed by atoms with Crippen LogP contribution in [0.2, 0.25) is 0 Å². The fourth-order valence-electron chi connectivity index (χ4n) is 3.09. The highest BCUT2D eigenvalue weighted by molar-refractivity contribution is 5.60. The molecule has 19 heavy (non-hydrogen) atoms. The maximum atomic E-state index is 8.98. The maximum absolute atomic E-state index is 8.98. The fourth-order valence-corrected chi connectivity index (χ4v) is 3.09. The minimum Gasteiger partial charge on any atom is -0.369 e. The molecule has 0 radical (unpaired) electrons. The topological polar surface area (TPSA) is 30.3 Å². The van der Waals surface area contributed by atoms with Crippen molar-refractivity contribution in [3.05, 3.63) is 28.8 Å². The summed E-state index contributed by atoms with van der Waals surface area (Å²) in [5, 5.41) is 8.98. The molecule has 1 heterocycles. The van der Waals surface area contributed by atoms with Crippen LogP contribution in [0.4, 0.5) is 5.69 Å². The van der Waals surface area contributed by atoms with Crippen LogP contribution >= 0.6 is 0 Å². The molecule has 0 aliphatic carbocycles. The standard InChI is InChI=1S/C16H23N3/c1-12-9-13(2)16(14(3)10-12)19-7-5-18(6-8-19)15(4)11-17/h9-10,15H,5-8H2,1-4H3. The van der Waals surface area contributed by atoms with E-state index in [1.165, 1.54) is 22.4 Å². The molecular weight excluding hydrogens is 234 g/mol. The van der Waals surface area contributed by atoms with Gasteiger partial charge in [0.2, 0.25) is 0 Å². The van der Waals surface area contributed by atoms with Gasteiger partial charge in [-0.3, -0.25) is 4.90 Å². The highest BCUT2D eigenvalue weighted by atomic mass is 15.3. The van der Waals surface area contributed by atoms with Crippen LogP contribution in [0.3, 0.4) is 0 Å². The van der Waals surface area contributed by atoms with Gasteiger partial charge in [0.15, 0.2) is 0 Å². The maximum Gasteiger partial charge on any atom is 0.0950 e. The second-order valence-electron chi connectivity index (χ2n) is 5.58. The SMILES string of the molecule is Cc1cc(C)c(N2CCN(C(C)C#N)CC2)c(C)c1. The van der Waals surface area contributed by atoms with E-state index < -0.39 is 0 Å². The zero-order valence-electron chi connectivity index (χ0n) is 12.4. The van der Waals surface area contributed by atoms with Crippen molar-refractivity contribution in [3.63, 3.8) is 0 Å². The van der Waals surface area contributed by atoms with Crippen molar-refractivity contribution in [2.24, 2.45) is 0 Å². The van der Waals surface area contributed by atoms with E-state index in [0.717, 1.165) is 26.2 Å². The summed E-state index contributed by atoms with van der Waals surface area (Å²) in [7, 11) is 0. The lowest BCUT2D eigenvalue weighted by Gasteiger charge is -2.38. The van der Waals surface area contributed by atoms with E-state index >= 15 is 0 Å². The Hall–Kier alpha value is -1.53. The van der Waals surface area contributed by atoms with E-state index in [1.807, 2.05) is 6.92 Å². The van der Waals surface area contributed by atoms with Crippen LogP contribution in [0.5, 0.6) is 0 Å². The first-order chi connectivity index (χ1) is 9.02. The van der Waals surface area contributed by atoms with E-state index in [9.17, 15) is 0 Å². The van der Waals surface area contributed by atoms with Gasteiger partial charge in [-0.15, -0.1) is 0 Å². The van der Waals surface area contributed by atoms with E-state index in [4.69, 9.17) is 5.26 Å². The first-order valence-electron chi connectivity index (χ1n) is 6.99. The summed E-state index contributed by atoms with van der Waals surface area (Å²) in [6.45, 7) is 12.5. The summed E-state index contributed by atoms with van der Waals surface area (Å²) in [5.41, 5.74) is 5.43. The predicted molar refractivity (Wildman–Crippen MR) is 79.5 cm³/mol. The molecule has 1 aromatic carbocycles. The molecule has 1 fully saturated rings. The molecule has 0 aromatic heterocycles. The van der Waals surface area contributed by atoms with Gasteiger partial charge in [0.05, 0.1) is 12.1 Å². The Labute approximate surface area is 116 Å². The number of aryl methyl sites for hydroxylation is 3. The highest BCUT2D eigenvalue weighted by Crippen LogP contribution is 2.27. The Balaban J connectivity index is 2.12. The van der Waals surface area contributed by atoms with Crippen molar-refractivity contribution in [1.82, 2.24) is 4.90 Å². The number of hydrogen-bond donors (Lipinski definition) is 0. The second-order valence-corrected chi connectivity index (χ2v) is 5.58. The van der Waals surface area contributed by atoms with Crippen molar-refractivity contribution in [3.8, 4) is 6.07 Å². The summed E-state index contributed by atoms with van der Waals surface area (Å²) in [6, 6.07) is 6.87. The average molecular weight is 257 g/mol. The van der Waals surface area contributed by atoms with Crippen LogP contribution in [0, 0.1) is 32.1 Å². The quantitative estimate of drug-likeness (QED) is 0.816. The monoisotopic (exact) mass is 257 g/mol. The molecule has 102 valence electrons. The van der Waals surface area contributed by atoms with Gasteiger partial charge in [-0.1, -0.05) is 17.7 Å². The first kappa shape index (κ1) is 13.9. The number of hydrogen-bond acceptors (Lipinski definition) is 3. The summed E-state index contributed by atoms with van der Waals surface area (Å²) in [5.74, 6) is 0. The van der Waals surface area contributed by atoms with Gasteiger partial charge in [0.1, 0.15) is 0 Å². The molecule has 0 spiro atoms. The summed E-state index contributed by atoms with van der Waals surface area (Å²) >= 11 is 0. The van der Waals surface area contributed by atoms with E-state index in [0.29, 0.717) is 0 Å². The van der Waals surface area contributed by atoms with E-state index in [2.05, 4.69) is 48.8 Å². The zero-order chi connectivity index (χ0) is 14.0. The normalized spacial score (nSPS) is 18.2. The molecule has 1 aromatic rings. The van der Waals surface area contributed by atoms with Gasteiger partial charge in [-0.2, -0.15) is 5.26 Å². The number of nitrogens with zero attached hydrogens (tertiary/aromatic N) is 3. The Bertz CT molecular complexity index is 470. The van der Waals surface area contributed by atoms with Gasteiger partial charge < -0.3 is 4.90 Å².